The number of carbonyl (C=O) groups is 2. The Morgan fingerprint density at radius 3 is 2.60 bits per heavy atom. The molecule has 0 radical (unpaired) electrons. The van der Waals surface area contributed by atoms with Crippen molar-refractivity contribution in [2.24, 2.45) is 0 Å². The molecule has 3 rings (SSSR count). The van der Waals surface area contributed by atoms with E-state index in [0.717, 1.165) is 34.3 Å². The van der Waals surface area contributed by atoms with Crippen LogP contribution in [0.3, 0.4) is 0 Å². The fourth-order valence-corrected chi connectivity index (χ4v) is 3.29. The number of rotatable bonds is 8. The predicted molar refractivity (Wildman–Crippen MR) is 116 cm³/mol. The Balaban J connectivity index is 1.47. The third-order valence-corrected chi connectivity index (χ3v) is 4.91. The second-order valence-electron chi connectivity index (χ2n) is 7.09. The molecule has 1 atom stereocenters. The number of fused-ring (bicyclic) bond motifs is 1. The Kier molecular flexibility index (Phi) is 6.95. The molecule has 7 heteroatoms. The van der Waals surface area contributed by atoms with Gasteiger partial charge < -0.3 is 25.1 Å². The van der Waals surface area contributed by atoms with Gasteiger partial charge in [0.05, 0.1) is 19.7 Å². The number of nitrogens with one attached hydrogen (secondary N) is 3. The van der Waals surface area contributed by atoms with E-state index >= 15 is 0 Å². The van der Waals surface area contributed by atoms with E-state index in [1.54, 1.807) is 7.11 Å². The third kappa shape index (κ3) is 5.31. The summed E-state index contributed by atoms with van der Waals surface area (Å²) in [5.74, 6) is 1.18. The minimum absolute atomic E-state index is 0.0936. The standard InChI is InChI=1S/C23H27N3O4/c1-15-19-13-18(29-3)9-10-20(19)30-22(15)16(2)26-23(28)25-14-21(27)24-12-11-17-7-5-4-6-8-17/h4-10,13,16H,11-12,14H2,1-3H3,(H,24,27)(H2,25,26,28). The summed E-state index contributed by atoms with van der Waals surface area (Å²) in [5.41, 5.74) is 2.82. The number of furan rings is 1. The molecule has 7 nitrogen and oxygen atoms in total. The maximum absolute atomic E-state index is 12.2. The molecule has 0 fully saturated rings. The normalized spacial score (nSPS) is 11.7. The van der Waals surface area contributed by atoms with E-state index in [4.69, 9.17) is 9.15 Å². The summed E-state index contributed by atoms with van der Waals surface area (Å²) in [4.78, 5) is 24.1. The molecule has 158 valence electrons. The van der Waals surface area contributed by atoms with Gasteiger partial charge in [-0.3, -0.25) is 4.79 Å². The van der Waals surface area contributed by atoms with Crippen molar-refractivity contribution in [3.8, 4) is 5.75 Å². The van der Waals surface area contributed by atoms with Gasteiger partial charge in [0.2, 0.25) is 5.91 Å². The monoisotopic (exact) mass is 409 g/mol. The van der Waals surface area contributed by atoms with Crippen molar-refractivity contribution >= 4 is 22.9 Å². The molecule has 0 saturated heterocycles. The number of aryl methyl sites for hydroxylation is 1. The summed E-state index contributed by atoms with van der Waals surface area (Å²) in [6, 6.07) is 14.7. The van der Waals surface area contributed by atoms with E-state index < -0.39 is 6.03 Å². The predicted octanol–water partition coefficient (Wildman–Crippen LogP) is 3.47. The number of amides is 3. The summed E-state index contributed by atoms with van der Waals surface area (Å²) < 4.78 is 11.2. The molecule has 2 aromatic carbocycles. The minimum Gasteiger partial charge on any atom is -0.497 e. The van der Waals surface area contributed by atoms with Crippen LogP contribution in [0.15, 0.2) is 52.9 Å². The van der Waals surface area contributed by atoms with Gasteiger partial charge in [-0.2, -0.15) is 0 Å². The molecule has 0 spiro atoms. The van der Waals surface area contributed by atoms with E-state index in [0.29, 0.717) is 12.3 Å². The quantitative estimate of drug-likeness (QED) is 0.531. The molecule has 1 heterocycles. The summed E-state index contributed by atoms with van der Waals surface area (Å²) in [6.45, 7) is 4.20. The maximum atomic E-state index is 12.2. The Morgan fingerprint density at radius 1 is 1.10 bits per heavy atom. The van der Waals surface area contributed by atoms with Gasteiger partial charge in [-0.1, -0.05) is 30.3 Å². The lowest BCUT2D eigenvalue weighted by Gasteiger charge is -2.13. The lowest BCUT2D eigenvalue weighted by atomic mass is 10.1. The fraction of sp³-hybridized carbons (Fsp3) is 0.304. The van der Waals surface area contributed by atoms with Crippen LogP contribution in [0.2, 0.25) is 0 Å². The number of methoxy groups -OCH3 is 1. The number of hydrogen-bond acceptors (Lipinski definition) is 4. The van der Waals surface area contributed by atoms with E-state index in [1.165, 1.54) is 0 Å². The summed E-state index contributed by atoms with van der Waals surface area (Å²) in [7, 11) is 1.61. The minimum atomic E-state index is -0.432. The first kappa shape index (κ1) is 21.2. The second kappa shape index (κ2) is 9.82. The highest BCUT2D eigenvalue weighted by atomic mass is 16.5. The zero-order valence-electron chi connectivity index (χ0n) is 17.5. The van der Waals surface area contributed by atoms with Gasteiger partial charge in [0.15, 0.2) is 0 Å². The van der Waals surface area contributed by atoms with Crippen LogP contribution in [0.1, 0.15) is 29.9 Å². The van der Waals surface area contributed by atoms with E-state index in [-0.39, 0.29) is 18.5 Å². The number of urea groups is 1. The first-order chi connectivity index (χ1) is 14.5. The average molecular weight is 409 g/mol. The fourth-order valence-electron chi connectivity index (χ4n) is 3.29. The Labute approximate surface area is 175 Å². The molecule has 0 aliphatic heterocycles. The number of benzene rings is 2. The topological polar surface area (TPSA) is 92.6 Å². The summed E-state index contributed by atoms with van der Waals surface area (Å²) in [5, 5.41) is 9.13. The van der Waals surface area contributed by atoms with Gasteiger partial charge in [-0.15, -0.1) is 0 Å². The highest BCUT2D eigenvalue weighted by Crippen LogP contribution is 2.31. The zero-order chi connectivity index (χ0) is 21.5. The van der Waals surface area contributed by atoms with Crippen molar-refractivity contribution in [3.63, 3.8) is 0 Å². The van der Waals surface area contributed by atoms with Gasteiger partial charge in [0.1, 0.15) is 17.1 Å². The first-order valence-electron chi connectivity index (χ1n) is 9.90. The molecule has 0 bridgehead atoms. The molecule has 3 amide bonds. The van der Waals surface area contributed by atoms with Crippen LogP contribution in [0.25, 0.3) is 11.0 Å². The van der Waals surface area contributed by atoms with Crippen molar-refractivity contribution < 1.29 is 18.7 Å². The molecule has 0 saturated carbocycles. The highest BCUT2D eigenvalue weighted by molar-refractivity contribution is 5.85. The van der Waals surface area contributed by atoms with Crippen molar-refractivity contribution in [2.75, 3.05) is 20.2 Å². The highest BCUT2D eigenvalue weighted by Gasteiger charge is 2.19. The number of ether oxygens (including phenoxy) is 1. The van der Waals surface area contributed by atoms with Crippen molar-refractivity contribution in [1.29, 1.82) is 0 Å². The van der Waals surface area contributed by atoms with Crippen LogP contribution in [-0.2, 0) is 11.2 Å². The van der Waals surface area contributed by atoms with E-state index in [1.807, 2.05) is 62.4 Å². The molecule has 3 N–H and O–H groups in total. The van der Waals surface area contributed by atoms with Crippen molar-refractivity contribution in [3.05, 3.63) is 65.4 Å². The Morgan fingerprint density at radius 2 is 1.87 bits per heavy atom. The zero-order valence-corrected chi connectivity index (χ0v) is 17.5. The second-order valence-corrected chi connectivity index (χ2v) is 7.09. The Hall–Kier alpha value is -3.48. The molecule has 1 unspecified atom stereocenters. The van der Waals surface area contributed by atoms with E-state index in [2.05, 4.69) is 16.0 Å². The Bertz CT molecular complexity index is 1010. The average Bonchev–Trinajstić information content (AvgIpc) is 3.09. The third-order valence-electron chi connectivity index (χ3n) is 4.91. The molecule has 0 aliphatic rings. The summed E-state index contributed by atoms with van der Waals surface area (Å²) >= 11 is 0. The number of carbonyl (C=O) groups excluding carboxylic acids is 2. The largest absolute Gasteiger partial charge is 0.497 e. The molecule has 30 heavy (non-hydrogen) atoms. The molecular formula is C23H27N3O4. The van der Waals surface area contributed by atoms with Gasteiger partial charge in [-0.25, -0.2) is 4.79 Å². The lowest BCUT2D eigenvalue weighted by Crippen LogP contribution is -2.43. The smallest absolute Gasteiger partial charge is 0.315 e. The van der Waals surface area contributed by atoms with Gasteiger partial charge in [0.25, 0.3) is 0 Å². The van der Waals surface area contributed by atoms with Crippen LogP contribution in [-0.4, -0.2) is 32.1 Å². The van der Waals surface area contributed by atoms with Crippen LogP contribution >= 0.6 is 0 Å². The van der Waals surface area contributed by atoms with Crippen LogP contribution in [0.5, 0.6) is 5.75 Å². The van der Waals surface area contributed by atoms with Gasteiger partial charge in [0, 0.05) is 17.5 Å². The number of hydrogen-bond donors (Lipinski definition) is 3. The first-order valence-corrected chi connectivity index (χ1v) is 9.90. The summed E-state index contributed by atoms with van der Waals surface area (Å²) in [6.07, 6.45) is 0.742. The van der Waals surface area contributed by atoms with Crippen molar-refractivity contribution in [1.82, 2.24) is 16.0 Å². The van der Waals surface area contributed by atoms with Gasteiger partial charge >= 0.3 is 6.03 Å². The maximum Gasteiger partial charge on any atom is 0.315 e. The van der Waals surface area contributed by atoms with E-state index in [9.17, 15) is 9.59 Å². The van der Waals surface area contributed by atoms with Crippen molar-refractivity contribution in [2.45, 2.75) is 26.3 Å². The van der Waals surface area contributed by atoms with Crippen LogP contribution in [0, 0.1) is 6.92 Å². The SMILES string of the molecule is COc1ccc2oc(C(C)NC(=O)NCC(=O)NCCc3ccccc3)c(C)c2c1. The van der Waals surface area contributed by atoms with Crippen LogP contribution in [0.4, 0.5) is 4.79 Å². The lowest BCUT2D eigenvalue weighted by molar-refractivity contribution is -0.120. The molecule has 0 aliphatic carbocycles. The van der Waals surface area contributed by atoms with Crippen LogP contribution < -0.4 is 20.7 Å². The van der Waals surface area contributed by atoms with Gasteiger partial charge in [-0.05, 0) is 44.0 Å². The molecule has 1 aromatic heterocycles. The molecule has 3 aromatic rings. The molecular weight excluding hydrogens is 382 g/mol.